The number of anilines is 1. The van der Waals surface area contributed by atoms with Crippen molar-refractivity contribution in [3.05, 3.63) is 5.89 Å². The van der Waals surface area contributed by atoms with Crippen molar-refractivity contribution in [2.24, 2.45) is 11.1 Å². The van der Waals surface area contributed by atoms with Crippen LogP contribution in [0.4, 0.5) is 6.01 Å². The first kappa shape index (κ1) is 10.4. The lowest BCUT2D eigenvalue weighted by atomic mass is 9.83. The highest BCUT2D eigenvalue weighted by molar-refractivity contribution is 5.25. The van der Waals surface area contributed by atoms with E-state index in [-0.39, 0.29) is 0 Å². The minimum absolute atomic E-state index is 0.312. The molecule has 2 N–H and O–H groups in total. The fourth-order valence-electron chi connectivity index (χ4n) is 1.76. The second-order valence-electron chi connectivity index (χ2n) is 4.83. The Kier molecular flexibility index (Phi) is 2.65. The van der Waals surface area contributed by atoms with Crippen molar-refractivity contribution >= 4 is 6.01 Å². The molecule has 5 nitrogen and oxygen atoms in total. The third-order valence-electron chi connectivity index (χ3n) is 3.02. The molecule has 5 heteroatoms. The van der Waals surface area contributed by atoms with Gasteiger partial charge in [0.05, 0.1) is 6.54 Å². The summed E-state index contributed by atoms with van der Waals surface area (Å²) in [6.07, 6.45) is 2.32. The monoisotopic (exact) mass is 210 g/mol. The van der Waals surface area contributed by atoms with Gasteiger partial charge in [0.15, 0.2) is 0 Å². The number of aromatic nitrogens is 2. The van der Waals surface area contributed by atoms with Crippen molar-refractivity contribution in [1.82, 2.24) is 10.2 Å². The lowest BCUT2D eigenvalue weighted by Crippen LogP contribution is -2.37. The molecule has 2 rings (SSSR count). The summed E-state index contributed by atoms with van der Waals surface area (Å²) in [6, 6.07) is 0.617. The number of nitrogens with zero attached hydrogens (tertiary/aromatic N) is 3. The van der Waals surface area contributed by atoms with Gasteiger partial charge in [0, 0.05) is 13.1 Å². The van der Waals surface area contributed by atoms with Crippen LogP contribution in [0.15, 0.2) is 4.42 Å². The van der Waals surface area contributed by atoms with E-state index in [1.54, 1.807) is 0 Å². The van der Waals surface area contributed by atoms with Gasteiger partial charge < -0.3 is 15.1 Å². The predicted molar refractivity (Wildman–Crippen MR) is 57.4 cm³/mol. The van der Waals surface area contributed by atoms with Crippen molar-refractivity contribution in [2.45, 2.75) is 33.2 Å². The molecule has 0 amide bonds. The minimum Gasteiger partial charge on any atom is -0.407 e. The van der Waals surface area contributed by atoms with Crippen molar-refractivity contribution in [1.29, 1.82) is 0 Å². The molecule has 0 radical (unpaired) electrons. The van der Waals surface area contributed by atoms with Crippen LogP contribution in [-0.4, -0.2) is 23.3 Å². The Labute approximate surface area is 89.6 Å². The van der Waals surface area contributed by atoms with Crippen LogP contribution >= 0.6 is 0 Å². The SMILES string of the molecule is CC1(C)CCN(c2nnc(CN)o2)CC1. The molecule has 0 atom stereocenters. The first-order valence-electron chi connectivity index (χ1n) is 5.38. The largest absolute Gasteiger partial charge is 0.407 e. The second kappa shape index (κ2) is 3.81. The van der Waals surface area contributed by atoms with Gasteiger partial charge in [0.1, 0.15) is 0 Å². The molecular weight excluding hydrogens is 192 g/mol. The summed E-state index contributed by atoms with van der Waals surface area (Å²) in [6.45, 7) is 6.87. The van der Waals surface area contributed by atoms with Crippen molar-refractivity contribution in [3.63, 3.8) is 0 Å². The van der Waals surface area contributed by atoms with Gasteiger partial charge in [-0.25, -0.2) is 0 Å². The molecule has 1 aliphatic heterocycles. The van der Waals surface area contributed by atoms with Crippen molar-refractivity contribution < 1.29 is 4.42 Å². The third-order valence-corrected chi connectivity index (χ3v) is 3.02. The summed E-state index contributed by atoms with van der Waals surface area (Å²) < 4.78 is 5.42. The van der Waals surface area contributed by atoms with Crippen molar-refractivity contribution in [2.75, 3.05) is 18.0 Å². The third kappa shape index (κ3) is 2.28. The van der Waals surface area contributed by atoms with Crippen LogP contribution in [0.3, 0.4) is 0 Å². The molecule has 0 unspecified atom stereocenters. The van der Waals surface area contributed by atoms with E-state index in [0.717, 1.165) is 25.9 Å². The lowest BCUT2D eigenvalue weighted by molar-refractivity contribution is 0.272. The molecule has 0 saturated carbocycles. The van der Waals surface area contributed by atoms with Crippen LogP contribution in [0.25, 0.3) is 0 Å². The molecule has 1 aromatic rings. The minimum atomic E-state index is 0.312. The number of hydrogen-bond acceptors (Lipinski definition) is 5. The summed E-state index contributed by atoms with van der Waals surface area (Å²) in [7, 11) is 0. The van der Waals surface area contributed by atoms with E-state index in [2.05, 4.69) is 28.9 Å². The molecule has 84 valence electrons. The first-order valence-corrected chi connectivity index (χ1v) is 5.38. The Bertz CT molecular complexity index is 324. The Balaban J connectivity index is 2.01. The maximum atomic E-state index is 5.42. The molecule has 1 aliphatic rings. The molecule has 0 spiro atoms. The zero-order valence-corrected chi connectivity index (χ0v) is 9.36. The highest BCUT2D eigenvalue weighted by Gasteiger charge is 2.27. The summed E-state index contributed by atoms with van der Waals surface area (Å²) in [5.74, 6) is 0.509. The number of hydrogen-bond donors (Lipinski definition) is 1. The number of rotatable bonds is 2. The van der Waals surface area contributed by atoms with Gasteiger partial charge in [-0.05, 0) is 18.3 Å². The molecular formula is C10H18N4O. The molecule has 0 aliphatic carbocycles. The van der Waals surface area contributed by atoms with Crippen LogP contribution in [0.5, 0.6) is 0 Å². The van der Waals surface area contributed by atoms with Gasteiger partial charge in [-0.15, -0.1) is 5.10 Å². The van der Waals surface area contributed by atoms with E-state index in [4.69, 9.17) is 10.2 Å². The molecule has 15 heavy (non-hydrogen) atoms. The summed E-state index contributed by atoms with van der Waals surface area (Å²) in [5.41, 5.74) is 5.86. The average molecular weight is 210 g/mol. The van der Waals surface area contributed by atoms with Crippen LogP contribution in [-0.2, 0) is 6.54 Å². The molecule has 2 heterocycles. The number of nitrogens with two attached hydrogens (primary N) is 1. The van der Waals surface area contributed by atoms with Crippen LogP contribution in [0.2, 0.25) is 0 Å². The van der Waals surface area contributed by atoms with E-state index in [1.165, 1.54) is 0 Å². The zero-order valence-electron chi connectivity index (χ0n) is 9.36. The average Bonchev–Trinajstić information content (AvgIpc) is 2.66. The van der Waals surface area contributed by atoms with Crippen LogP contribution in [0.1, 0.15) is 32.6 Å². The van der Waals surface area contributed by atoms with Crippen LogP contribution in [0, 0.1) is 5.41 Å². The zero-order chi connectivity index (χ0) is 10.9. The van der Waals surface area contributed by atoms with Gasteiger partial charge in [0.25, 0.3) is 0 Å². The molecule has 1 fully saturated rings. The summed E-state index contributed by atoms with van der Waals surface area (Å²) in [4.78, 5) is 2.14. The van der Waals surface area contributed by atoms with Crippen molar-refractivity contribution in [3.8, 4) is 0 Å². The maximum Gasteiger partial charge on any atom is 0.318 e. The van der Waals surface area contributed by atoms with E-state index < -0.39 is 0 Å². The Morgan fingerprint density at radius 2 is 2.00 bits per heavy atom. The fourth-order valence-corrected chi connectivity index (χ4v) is 1.76. The normalized spacial score (nSPS) is 20.6. The second-order valence-corrected chi connectivity index (χ2v) is 4.83. The molecule has 0 bridgehead atoms. The number of piperidine rings is 1. The van der Waals surface area contributed by atoms with Crippen LogP contribution < -0.4 is 10.6 Å². The highest BCUT2D eigenvalue weighted by atomic mass is 16.4. The highest BCUT2D eigenvalue weighted by Crippen LogP contribution is 2.31. The Morgan fingerprint density at radius 3 is 2.53 bits per heavy atom. The van der Waals surface area contributed by atoms with Gasteiger partial charge in [-0.3, -0.25) is 0 Å². The molecule has 1 saturated heterocycles. The fraction of sp³-hybridized carbons (Fsp3) is 0.800. The topological polar surface area (TPSA) is 68.2 Å². The standard InChI is InChI=1S/C10H18N4O/c1-10(2)3-5-14(6-4-10)9-13-12-8(7-11)15-9/h3-7,11H2,1-2H3. The maximum absolute atomic E-state index is 5.42. The Hall–Kier alpha value is -1.10. The first-order chi connectivity index (χ1) is 7.11. The van der Waals surface area contributed by atoms with E-state index in [1.807, 2.05) is 0 Å². The quantitative estimate of drug-likeness (QED) is 0.793. The molecule has 0 aromatic carbocycles. The summed E-state index contributed by atoms with van der Waals surface area (Å²) >= 11 is 0. The Morgan fingerprint density at radius 1 is 1.33 bits per heavy atom. The van der Waals surface area contributed by atoms with Gasteiger partial charge in [-0.1, -0.05) is 18.9 Å². The lowest BCUT2D eigenvalue weighted by Gasteiger charge is -2.35. The van der Waals surface area contributed by atoms with E-state index in [9.17, 15) is 0 Å². The summed E-state index contributed by atoms with van der Waals surface area (Å²) in [5, 5.41) is 7.85. The predicted octanol–water partition coefficient (Wildman–Crippen LogP) is 1.15. The van der Waals surface area contributed by atoms with Gasteiger partial charge >= 0.3 is 6.01 Å². The van der Waals surface area contributed by atoms with E-state index in [0.29, 0.717) is 23.9 Å². The van der Waals surface area contributed by atoms with Gasteiger partial charge in [-0.2, -0.15) is 0 Å². The van der Waals surface area contributed by atoms with Gasteiger partial charge in [0.2, 0.25) is 5.89 Å². The molecule has 1 aromatic heterocycles. The van der Waals surface area contributed by atoms with E-state index >= 15 is 0 Å². The smallest absolute Gasteiger partial charge is 0.318 e.